The van der Waals surface area contributed by atoms with Crippen molar-refractivity contribution in [2.45, 2.75) is 23.5 Å². The summed E-state index contributed by atoms with van der Waals surface area (Å²) in [5, 5.41) is 12.0. The molecule has 0 spiro atoms. The molecule has 120 valence electrons. The van der Waals surface area contributed by atoms with Crippen LogP contribution >= 0.6 is 11.8 Å². The van der Waals surface area contributed by atoms with Crippen LogP contribution in [-0.2, 0) is 0 Å². The molecule has 0 saturated carbocycles. The van der Waals surface area contributed by atoms with E-state index in [2.05, 4.69) is 10.3 Å². The summed E-state index contributed by atoms with van der Waals surface area (Å²) in [4.78, 5) is 28.2. The number of benzene rings is 1. The summed E-state index contributed by atoms with van der Waals surface area (Å²) in [6.07, 6.45) is 3.35. The van der Waals surface area contributed by atoms with E-state index in [0.29, 0.717) is 5.56 Å². The van der Waals surface area contributed by atoms with Gasteiger partial charge in [-0.25, -0.2) is 4.79 Å². The average Bonchev–Trinajstić information content (AvgIpc) is 3.04. The average molecular weight is 331 g/mol. The predicted octanol–water partition coefficient (Wildman–Crippen LogP) is 1.88. The van der Waals surface area contributed by atoms with Gasteiger partial charge in [-0.2, -0.15) is 4.98 Å². The van der Waals surface area contributed by atoms with Gasteiger partial charge in [0.25, 0.3) is 5.91 Å². The van der Waals surface area contributed by atoms with E-state index in [1.165, 1.54) is 0 Å². The van der Waals surface area contributed by atoms with E-state index < -0.39 is 5.69 Å². The van der Waals surface area contributed by atoms with Crippen molar-refractivity contribution in [1.82, 2.24) is 9.55 Å². The molecule has 7 heteroatoms. The van der Waals surface area contributed by atoms with Crippen LogP contribution in [0.5, 0.6) is 0 Å². The number of nitrogens with one attached hydrogen (secondary N) is 1. The van der Waals surface area contributed by atoms with Crippen molar-refractivity contribution in [3.05, 3.63) is 58.6 Å². The highest BCUT2D eigenvalue weighted by Crippen LogP contribution is 2.40. The van der Waals surface area contributed by atoms with E-state index in [1.54, 1.807) is 52.9 Å². The second kappa shape index (κ2) is 6.97. The molecule has 0 unspecified atom stereocenters. The van der Waals surface area contributed by atoms with Crippen molar-refractivity contribution < 1.29 is 9.90 Å². The topological polar surface area (TPSA) is 84.2 Å². The number of aliphatic hydroxyl groups is 1. The molecule has 2 atom stereocenters. The van der Waals surface area contributed by atoms with Crippen LogP contribution in [0, 0.1) is 0 Å². The maximum atomic E-state index is 12.2. The smallest absolute Gasteiger partial charge is 0.350 e. The van der Waals surface area contributed by atoms with Crippen LogP contribution in [0.15, 0.2) is 47.4 Å². The fraction of sp³-hybridized carbons (Fsp3) is 0.312. The van der Waals surface area contributed by atoms with Crippen LogP contribution in [0.3, 0.4) is 0 Å². The number of rotatable bonds is 4. The van der Waals surface area contributed by atoms with Gasteiger partial charge in [0.2, 0.25) is 0 Å². The lowest BCUT2D eigenvalue weighted by Gasteiger charge is -2.13. The molecule has 1 aromatic heterocycles. The first-order valence-corrected chi connectivity index (χ1v) is 8.33. The monoisotopic (exact) mass is 331 g/mol. The third-order valence-electron chi connectivity index (χ3n) is 3.71. The number of carbonyl (C=O) groups excluding carboxylic acids is 1. The molecule has 1 fully saturated rings. The molecule has 3 rings (SSSR count). The first-order chi connectivity index (χ1) is 11.2. The summed E-state index contributed by atoms with van der Waals surface area (Å²) in [5.41, 5.74) is 0.113. The van der Waals surface area contributed by atoms with E-state index >= 15 is 0 Å². The van der Waals surface area contributed by atoms with Gasteiger partial charge >= 0.3 is 5.69 Å². The Morgan fingerprint density at radius 3 is 2.74 bits per heavy atom. The van der Waals surface area contributed by atoms with Crippen LogP contribution in [0.25, 0.3) is 0 Å². The lowest BCUT2D eigenvalue weighted by Crippen LogP contribution is -2.26. The molecule has 2 N–H and O–H groups in total. The summed E-state index contributed by atoms with van der Waals surface area (Å²) < 4.78 is 1.55. The highest BCUT2D eigenvalue weighted by atomic mass is 32.2. The second-order valence-electron chi connectivity index (χ2n) is 5.30. The van der Waals surface area contributed by atoms with Crippen LogP contribution in [0.4, 0.5) is 5.82 Å². The first-order valence-electron chi connectivity index (χ1n) is 7.39. The molecule has 0 aliphatic carbocycles. The van der Waals surface area contributed by atoms with E-state index in [1.807, 2.05) is 6.07 Å². The van der Waals surface area contributed by atoms with Gasteiger partial charge in [-0.05, 0) is 31.0 Å². The number of anilines is 1. The molecule has 1 aliphatic heterocycles. The fourth-order valence-electron chi connectivity index (χ4n) is 2.51. The van der Waals surface area contributed by atoms with Gasteiger partial charge in [0.15, 0.2) is 0 Å². The lowest BCUT2D eigenvalue weighted by molar-refractivity contribution is 0.102. The van der Waals surface area contributed by atoms with E-state index in [9.17, 15) is 14.7 Å². The Morgan fingerprint density at radius 1 is 1.30 bits per heavy atom. The van der Waals surface area contributed by atoms with Crippen LogP contribution in [0.2, 0.25) is 0 Å². The minimum Gasteiger partial charge on any atom is -0.395 e. The molecule has 2 aromatic rings. The normalized spacial score (nSPS) is 20.4. The number of aromatic nitrogens is 2. The zero-order chi connectivity index (χ0) is 16.2. The first kappa shape index (κ1) is 15.8. The fourth-order valence-corrected chi connectivity index (χ4v) is 3.87. The summed E-state index contributed by atoms with van der Waals surface area (Å²) in [6, 6.07) is 10.4. The maximum Gasteiger partial charge on any atom is 0.350 e. The minimum absolute atomic E-state index is 0.00831. The molecule has 0 bridgehead atoms. The molecule has 2 heterocycles. The zero-order valence-corrected chi connectivity index (χ0v) is 13.2. The summed E-state index contributed by atoms with van der Waals surface area (Å²) >= 11 is 1.58. The second-order valence-corrected chi connectivity index (χ2v) is 6.78. The predicted molar refractivity (Wildman–Crippen MR) is 89.6 cm³/mol. The van der Waals surface area contributed by atoms with Gasteiger partial charge < -0.3 is 10.4 Å². The summed E-state index contributed by atoms with van der Waals surface area (Å²) in [7, 11) is 0. The van der Waals surface area contributed by atoms with Gasteiger partial charge in [0.05, 0.1) is 12.0 Å². The molecule has 1 aromatic carbocycles. The van der Waals surface area contributed by atoms with Crippen LogP contribution in [-0.4, -0.2) is 32.4 Å². The van der Waals surface area contributed by atoms with Crippen molar-refractivity contribution in [2.24, 2.45) is 0 Å². The molecule has 1 saturated heterocycles. The third kappa shape index (κ3) is 3.62. The number of hydrogen-bond donors (Lipinski definition) is 2. The summed E-state index contributed by atoms with van der Waals surface area (Å²) in [6.45, 7) is 0.120. The van der Waals surface area contributed by atoms with Gasteiger partial charge in [0.1, 0.15) is 5.82 Å². The number of carbonyl (C=O) groups is 1. The van der Waals surface area contributed by atoms with Crippen LogP contribution < -0.4 is 11.0 Å². The Labute approximate surface area is 137 Å². The molecule has 1 aliphatic rings. The number of thioether (sulfide) groups is 1. The quantitative estimate of drug-likeness (QED) is 0.894. The van der Waals surface area contributed by atoms with Gasteiger partial charge in [-0.1, -0.05) is 18.2 Å². The molecule has 23 heavy (non-hydrogen) atoms. The van der Waals surface area contributed by atoms with Gasteiger partial charge in [-0.15, -0.1) is 11.8 Å². The van der Waals surface area contributed by atoms with Gasteiger partial charge in [-0.3, -0.25) is 9.36 Å². The van der Waals surface area contributed by atoms with E-state index in [-0.39, 0.29) is 29.0 Å². The van der Waals surface area contributed by atoms with E-state index in [4.69, 9.17) is 0 Å². The maximum absolute atomic E-state index is 12.2. The Morgan fingerprint density at radius 2 is 2.09 bits per heavy atom. The SMILES string of the molecule is O=C(Nc1ccn([C@H]2CC[C@H](CO)S2)c(=O)n1)c1ccccc1. The Bertz CT molecular complexity index is 748. The highest BCUT2D eigenvalue weighted by Gasteiger charge is 2.26. The number of aliphatic hydroxyl groups excluding tert-OH is 1. The summed E-state index contributed by atoms with van der Waals surface area (Å²) in [5.74, 6) is -0.0624. The standard InChI is InChI=1S/C16H17N3O3S/c20-10-12-6-7-14(23-12)19-9-8-13(18-16(19)22)17-15(21)11-4-2-1-3-5-11/h1-5,8-9,12,14,20H,6-7,10H2,(H,17,18,21,22)/t12-,14-/m1/s1. The molecular weight excluding hydrogens is 314 g/mol. The van der Waals surface area contributed by atoms with Gasteiger partial charge in [0, 0.05) is 17.0 Å². The number of nitrogens with zero attached hydrogens (tertiary/aromatic N) is 2. The molecule has 6 nitrogen and oxygen atoms in total. The highest BCUT2D eigenvalue weighted by molar-refractivity contribution is 8.00. The minimum atomic E-state index is -0.396. The Hall–Kier alpha value is -2.12. The van der Waals surface area contributed by atoms with Crippen molar-refractivity contribution in [1.29, 1.82) is 0 Å². The third-order valence-corrected chi connectivity index (χ3v) is 5.25. The van der Waals surface area contributed by atoms with Crippen molar-refractivity contribution >= 4 is 23.5 Å². The number of hydrogen-bond acceptors (Lipinski definition) is 5. The Kier molecular flexibility index (Phi) is 4.78. The largest absolute Gasteiger partial charge is 0.395 e. The van der Waals surface area contributed by atoms with Crippen molar-refractivity contribution in [3.63, 3.8) is 0 Å². The van der Waals surface area contributed by atoms with Crippen LogP contribution in [0.1, 0.15) is 28.6 Å². The molecular formula is C16H17N3O3S. The van der Waals surface area contributed by atoms with Crippen molar-refractivity contribution in [2.75, 3.05) is 11.9 Å². The van der Waals surface area contributed by atoms with E-state index in [0.717, 1.165) is 12.8 Å². The molecule has 0 radical (unpaired) electrons. The Balaban J connectivity index is 1.72. The number of amides is 1. The molecule has 1 amide bonds. The van der Waals surface area contributed by atoms with Crippen molar-refractivity contribution in [3.8, 4) is 0 Å². The lowest BCUT2D eigenvalue weighted by atomic mass is 10.2. The zero-order valence-electron chi connectivity index (χ0n) is 12.4.